The number of amides is 2. The Morgan fingerprint density at radius 1 is 1.42 bits per heavy atom. The third kappa shape index (κ3) is 5.10. The molecule has 1 aliphatic carbocycles. The molecule has 0 aliphatic heterocycles. The second-order valence-electron chi connectivity index (χ2n) is 6.28. The van der Waals surface area contributed by atoms with Gasteiger partial charge in [-0.05, 0) is 19.4 Å². The molecule has 1 aromatic rings. The monoisotopic (exact) mass is 377 g/mol. The summed E-state index contributed by atoms with van der Waals surface area (Å²) < 4.78 is 39.6. The van der Waals surface area contributed by atoms with Crippen LogP contribution in [-0.2, 0) is 24.6 Å². The summed E-state index contributed by atoms with van der Waals surface area (Å²) in [6.07, 6.45) is -2.15. The molecule has 1 saturated carbocycles. The summed E-state index contributed by atoms with van der Waals surface area (Å²) in [5, 5.41) is 17.3. The highest BCUT2D eigenvalue weighted by atomic mass is 19.4. The predicted octanol–water partition coefficient (Wildman–Crippen LogP) is 1.18. The maximum Gasteiger partial charge on any atom is 0.435 e. The molecule has 26 heavy (non-hydrogen) atoms. The van der Waals surface area contributed by atoms with Crippen LogP contribution >= 0.6 is 0 Å². The Morgan fingerprint density at radius 3 is 2.62 bits per heavy atom. The largest absolute Gasteiger partial charge is 0.480 e. The van der Waals surface area contributed by atoms with E-state index in [9.17, 15) is 22.8 Å². The number of likely N-dealkylation sites (N-methyl/N-ethyl adjacent to an activating group) is 1. The molecule has 1 fully saturated rings. The van der Waals surface area contributed by atoms with Crippen molar-refractivity contribution in [2.75, 3.05) is 13.1 Å². The van der Waals surface area contributed by atoms with Gasteiger partial charge in [-0.25, -0.2) is 4.79 Å². The summed E-state index contributed by atoms with van der Waals surface area (Å²) in [6, 6.07) is -0.609. The van der Waals surface area contributed by atoms with E-state index in [0.717, 1.165) is 4.68 Å². The molecular weight excluding hydrogens is 355 g/mol. The van der Waals surface area contributed by atoms with Crippen LogP contribution in [-0.4, -0.2) is 57.0 Å². The molecule has 1 heterocycles. The number of nitrogens with one attached hydrogen (secondary N) is 2. The number of aliphatic carboxylic acids is 1. The van der Waals surface area contributed by atoms with E-state index < -0.39 is 23.9 Å². The Balaban J connectivity index is 1.78. The molecule has 0 unspecified atom stereocenters. The minimum Gasteiger partial charge on any atom is -0.480 e. The van der Waals surface area contributed by atoms with Gasteiger partial charge in [0.2, 0.25) is 0 Å². The smallest absolute Gasteiger partial charge is 0.435 e. The van der Waals surface area contributed by atoms with Crippen molar-refractivity contribution < 1.29 is 27.9 Å². The first-order valence-corrected chi connectivity index (χ1v) is 8.20. The summed E-state index contributed by atoms with van der Waals surface area (Å²) in [6.45, 7) is 2.12. The molecule has 8 nitrogen and oxygen atoms in total. The first-order valence-electron chi connectivity index (χ1n) is 8.20. The highest BCUT2D eigenvalue weighted by Gasteiger charge is 2.37. The summed E-state index contributed by atoms with van der Waals surface area (Å²) >= 11 is 0. The van der Waals surface area contributed by atoms with Crippen LogP contribution < -0.4 is 10.6 Å². The number of aryl methyl sites for hydroxylation is 1. The fourth-order valence-corrected chi connectivity index (χ4v) is 2.99. The zero-order valence-electron chi connectivity index (χ0n) is 14.5. The molecule has 0 spiro atoms. The quantitative estimate of drug-likeness (QED) is 0.663. The van der Waals surface area contributed by atoms with Crippen molar-refractivity contribution in [3.05, 3.63) is 17.5 Å². The third-order valence-electron chi connectivity index (χ3n) is 4.32. The number of halogens is 3. The molecule has 146 valence electrons. The van der Waals surface area contributed by atoms with E-state index in [4.69, 9.17) is 5.11 Å². The molecule has 0 aromatic carbocycles. The second-order valence-corrected chi connectivity index (χ2v) is 6.28. The maximum absolute atomic E-state index is 12.9. The van der Waals surface area contributed by atoms with Gasteiger partial charge in [0.15, 0.2) is 5.69 Å². The topological polar surface area (TPSA) is 99.5 Å². The van der Waals surface area contributed by atoms with Crippen LogP contribution in [0.2, 0.25) is 0 Å². The third-order valence-corrected chi connectivity index (χ3v) is 4.32. The summed E-state index contributed by atoms with van der Waals surface area (Å²) in [4.78, 5) is 24.5. The Bertz CT molecular complexity index is 655. The average molecular weight is 377 g/mol. The molecular formula is C15H22F3N5O3. The van der Waals surface area contributed by atoms with Crippen LogP contribution in [0.3, 0.4) is 0 Å². The molecule has 2 rings (SSSR count). The first kappa shape index (κ1) is 20.0. The van der Waals surface area contributed by atoms with Crippen LogP contribution in [0.25, 0.3) is 0 Å². The van der Waals surface area contributed by atoms with Crippen molar-refractivity contribution in [2.45, 2.75) is 44.6 Å². The van der Waals surface area contributed by atoms with Gasteiger partial charge in [-0.1, -0.05) is 6.92 Å². The van der Waals surface area contributed by atoms with Gasteiger partial charge in [0.25, 0.3) is 0 Å². The van der Waals surface area contributed by atoms with Crippen molar-refractivity contribution in [3.8, 4) is 0 Å². The van der Waals surface area contributed by atoms with E-state index in [1.54, 1.807) is 0 Å². The second kappa shape index (κ2) is 7.94. The molecule has 2 amide bonds. The number of aromatic nitrogens is 2. The Hall–Kier alpha value is -2.30. The van der Waals surface area contributed by atoms with Gasteiger partial charge in [0.1, 0.15) is 0 Å². The molecule has 1 aliphatic rings. The normalized spacial score (nSPS) is 19.9. The summed E-state index contributed by atoms with van der Waals surface area (Å²) in [7, 11) is 1.38. The average Bonchev–Trinajstić information content (AvgIpc) is 2.87. The number of carbonyl (C=O) groups excluding carboxylic acids is 1. The van der Waals surface area contributed by atoms with E-state index in [-0.39, 0.29) is 30.7 Å². The molecule has 3 N–H and O–H groups in total. The highest BCUT2D eigenvalue weighted by Crippen LogP contribution is 2.30. The Labute approximate surface area is 148 Å². The molecule has 11 heteroatoms. The van der Waals surface area contributed by atoms with Crippen molar-refractivity contribution in [1.82, 2.24) is 25.3 Å². The van der Waals surface area contributed by atoms with E-state index >= 15 is 0 Å². The number of rotatable bonds is 7. The van der Waals surface area contributed by atoms with Gasteiger partial charge in [-0.2, -0.15) is 18.3 Å². The van der Waals surface area contributed by atoms with E-state index in [0.29, 0.717) is 19.4 Å². The van der Waals surface area contributed by atoms with Crippen LogP contribution in [0, 0.1) is 0 Å². The lowest BCUT2D eigenvalue weighted by atomic mass is 9.85. The number of nitrogens with zero attached hydrogens (tertiary/aromatic N) is 3. The van der Waals surface area contributed by atoms with Crippen LogP contribution in [0.15, 0.2) is 6.20 Å². The van der Waals surface area contributed by atoms with Crippen molar-refractivity contribution in [1.29, 1.82) is 0 Å². The Kier molecular flexibility index (Phi) is 6.11. The van der Waals surface area contributed by atoms with Crippen LogP contribution in [0.4, 0.5) is 18.0 Å². The fraction of sp³-hybridized carbons (Fsp3) is 0.667. The fourth-order valence-electron chi connectivity index (χ4n) is 2.99. The van der Waals surface area contributed by atoms with Crippen molar-refractivity contribution in [2.24, 2.45) is 7.05 Å². The number of alkyl halides is 3. The van der Waals surface area contributed by atoms with E-state index in [1.807, 2.05) is 11.8 Å². The lowest BCUT2D eigenvalue weighted by Gasteiger charge is -2.42. The summed E-state index contributed by atoms with van der Waals surface area (Å²) in [5.41, 5.74) is -1.13. The van der Waals surface area contributed by atoms with Crippen molar-refractivity contribution >= 4 is 12.0 Å². The van der Waals surface area contributed by atoms with Gasteiger partial charge < -0.3 is 15.7 Å². The molecule has 0 atom stereocenters. The number of carboxylic acid groups (broad SMARTS) is 1. The molecule has 1 aromatic heterocycles. The van der Waals surface area contributed by atoms with Gasteiger partial charge in [0.05, 0.1) is 6.54 Å². The first-order chi connectivity index (χ1) is 12.1. The highest BCUT2D eigenvalue weighted by molar-refractivity contribution is 5.74. The molecule has 0 saturated heterocycles. The van der Waals surface area contributed by atoms with Crippen molar-refractivity contribution in [3.63, 3.8) is 0 Å². The lowest BCUT2D eigenvalue weighted by Crippen LogP contribution is -2.56. The maximum atomic E-state index is 12.9. The summed E-state index contributed by atoms with van der Waals surface area (Å²) in [5.74, 6) is -0.905. The van der Waals surface area contributed by atoms with Crippen LogP contribution in [0.1, 0.15) is 31.0 Å². The van der Waals surface area contributed by atoms with Gasteiger partial charge in [-0.15, -0.1) is 0 Å². The lowest BCUT2D eigenvalue weighted by molar-refractivity contribution is -0.142. The molecule has 0 bridgehead atoms. The standard InChI is InChI=1S/C15H22F3N5O3/c1-3-23(8-12(24)25)11-4-10(5-11)20-14(26)19-6-9-7-22(2)21-13(9)15(16,17)18/h7,10-11H,3-6,8H2,1-2H3,(H,24,25)(H2,19,20,26). The number of carboxylic acids is 1. The molecule has 0 radical (unpaired) electrons. The number of hydrogen-bond donors (Lipinski definition) is 3. The minimum absolute atomic E-state index is 0.0543. The minimum atomic E-state index is -4.58. The van der Waals surface area contributed by atoms with Crippen LogP contribution in [0.5, 0.6) is 0 Å². The number of urea groups is 1. The number of carbonyl (C=O) groups is 2. The van der Waals surface area contributed by atoms with E-state index in [2.05, 4.69) is 15.7 Å². The predicted molar refractivity (Wildman–Crippen MR) is 85.3 cm³/mol. The SMILES string of the molecule is CCN(CC(=O)O)C1CC(NC(=O)NCc2cn(C)nc2C(F)(F)F)C1. The van der Waals surface area contributed by atoms with Gasteiger partial charge in [-0.3, -0.25) is 14.4 Å². The Morgan fingerprint density at radius 2 is 2.08 bits per heavy atom. The zero-order chi connectivity index (χ0) is 19.5. The van der Waals surface area contributed by atoms with Gasteiger partial charge in [0, 0.05) is 37.4 Å². The van der Waals surface area contributed by atoms with Gasteiger partial charge >= 0.3 is 18.2 Å². The van der Waals surface area contributed by atoms with E-state index in [1.165, 1.54) is 13.2 Å². The number of hydrogen-bond acceptors (Lipinski definition) is 4. The zero-order valence-corrected chi connectivity index (χ0v) is 14.5.